The van der Waals surface area contributed by atoms with Crippen molar-refractivity contribution in [2.24, 2.45) is 0 Å². The van der Waals surface area contributed by atoms with Crippen LogP contribution in [0.2, 0.25) is 0 Å². The first-order valence-corrected chi connectivity index (χ1v) is 6.19. The number of halogens is 1. The number of rotatable bonds is 3. The highest BCUT2D eigenvalue weighted by molar-refractivity contribution is 9.10. The van der Waals surface area contributed by atoms with Gasteiger partial charge in [-0.05, 0) is 34.7 Å². The summed E-state index contributed by atoms with van der Waals surface area (Å²) in [4.78, 5) is 0. The predicted molar refractivity (Wildman–Crippen MR) is 66.4 cm³/mol. The lowest BCUT2D eigenvalue weighted by molar-refractivity contribution is 0.756. The fourth-order valence-electron chi connectivity index (χ4n) is 1.12. The number of hydrogen-bond acceptors (Lipinski definition) is 4. The van der Waals surface area contributed by atoms with Gasteiger partial charge < -0.3 is 0 Å². The number of benzene rings is 1. The largest absolute Gasteiger partial charge is 0.215 e. The van der Waals surface area contributed by atoms with E-state index in [4.69, 9.17) is 6.42 Å². The van der Waals surface area contributed by atoms with Crippen LogP contribution >= 0.6 is 27.7 Å². The summed E-state index contributed by atoms with van der Waals surface area (Å²) in [6.45, 7) is 0. The summed E-state index contributed by atoms with van der Waals surface area (Å²) >= 11 is 4.81. The van der Waals surface area contributed by atoms with Gasteiger partial charge in [-0.3, -0.25) is 0 Å². The van der Waals surface area contributed by atoms with Crippen molar-refractivity contribution in [2.45, 2.75) is 5.16 Å². The first kappa shape index (κ1) is 11.2. The van der Waals surface area contributed by atoms with Crippen molar-refractivity contribution in [3.05, 3.63) is 28.7 Å². The molecule has 16 heavy (non-hydrogen) atoms. The van der Waals surface area contributed by atoms with E-state index < -0.39 is 0 Å². The third-order valence-electron chi connectivity index (χ3n) is 1.80. The van der Waals surface area contributed by atoms with Crippen LogP contribution in [0.1, 0.15) is 0 Å². The van der Waals surface area contributed by atoms with Gasteiger partial charge in [-0.15, -0.1) is 11.5 Å². The normalized spacial score (nSPS) is 10.0. The molecule has 0 aliphatic rings. The number of thioether (sulfide) groups is 1. The minimum absolute atomic E-state index is 0.552. The van der Waals surface area contributed by atoms with Gasteiger partial charge in [0.1, 0.15) is 0 Å². The van der Waals surface area contributed by atoms with Crippen LogP contribution in [0.25, 0.3) is 5.69 Å². The van der Waals surface area contributed by atoms with E-state index in [9.17, 15) is 0 Å². The Hall–Kier alpha value is -1.32. The highest BCUT2D eigenvalue weighted by Gasteiger charge is 2.07. The molecule has 0 radical (unpaired) electrons. The number of aromatic nitrogens is 4. The molecule has 4 nitrogen and oxygen atoms in total. The monoisotopic (exact) mass is 294 g/mol. The van der Waals surface area contributed by atoms with Crippen LogP contribution in [0.3, 0.4) is 0 Å². The predicted octanol–water partition coefficient (Wildman–Crippen LogP) is 2.15. The van der Waals surface area contributed by atoms with Crippen molar-refractivity contribution in [2.75, 3.05) is 5.75 Å². The summed E-state index contributed by atoms with van der Waals surface area (Å²) in [5.74, 6) is 3.09. The molecule has 0 bridgehead atoms. The molecule has 0 atom stereocenters. The zero-order valence-corrected chi connectivity index (χ0v) is 10.6. The number of hydrogen-bond donors (Lipinski definition) is 0. The second kappa shape index (κ2) is 5.14. The second-order valence-corrected chi connectivity index (χ2v) is 4.70. The van der Waals surface area contributed by atoms with Crippen molar-refractivity contribution in [1.82, 2.24) is 20.2 Å². The Morgan fingerprint density at radius 2 is 2.12 bits per heavy atom. The Bertz CT molecular complexity index is 514. The van der Waals surface area contributed by atoms with E-state index in [1.807, 2.05) is 24.3 Å². The first-order chi connectivity index (χ1) is 7.81. The fourth-order valence-corrected chi connectivity index (χ4v) is 1.95. The standard InChI is InChI=1S/C10H7BrN4S/c1-2-7-16-10-12-13-14-15(10)9-5-3-8(11)4-6-9/h1,3-6H,7H2. The van der Waals surface area contributed by atoms with E-state index in [1.54, 1.807) is 4.68 Å². The molecule has 80 valence electrons. The van der Waals surface area contributed by atoms with Crippen LogP contribution in [-0.4, -0.2) is 26.0 Å². The van der Waals surface area contributed by atoms with Crippen LogP contribution < -0.4 is 0 Å². The number of tetrazole rings is 1. The molecule has 1 aromatic heterocycles. The Balaban J connectivity index is 2.30. The maximum Gasteiger partial charge on any atom is 0.215 e. The first-order valence-electron chi connectivity index (χ1n) is 4.42. The van der Waals surface area contributed by atoms with Gasteiger partial charge in [0.05, 0.1) is 11.4 Å². The SMILES string of the molecule is C#CCSc1nnnn1-c1ccc(Br)cc1. The molecule has 0 N–H and O–H groups in total. The van der Waals surface area contributed by atoms with Gasteiger partial charge in [-0.2, -0.15) is 4.68 Å². The molecule has 0 fully saturated rings. The van der Waals surface area contributed by atoms with Crippen molar-refractivity contribution >= 4 is 27.7 Å². The van der Waals surface area contributed by atoms with Crippen LogP contribution in [-0.2, 0) is 0 Å². The van der Waals surface area contributed by atoms with Crippen LogP contribution in [0.5, 0.6) is 0 Å². The van der Waals surface area contributed by atoms with Gasteiger partial charge in [0, 0.05) is 4.47 Å². The molecule has 0 aliphatic carbocycles. The van der Waals surface area contributed by atoms with Gasteiger partial charge in [0.25, 0.3) is 0 Å². The summed E-state index contributed by atoms with van der Waals surface area (Å²) in [6.07, 6.45) is 5.20. The highest BCUT2D eigenvalue weighted by atomic mass is 79.9. The maximum absolute atomic E-state index is 5.20. The smallest absolute Gasteiger partial charge is 0.187 e. The van der Waals surface area contributed by atoms with Gasteiger partial charge in [-0.25, -0.2) is 0 Å². The Labute approximate surface area is 106 Å². The van der Waals surface area contributed by atoms with Crippen molar-refractivity contribution in [1.29, 1.82) is 0 Å². The molecule has 0 saturated heterocycles. The third-order valence-corrected chi connectivity index (χ3v) is 3.15. The van der Waals surface area contributed by atoms with Crippen LogP contribution in [0.4, 0.5) is 0 Å². The van der Waals surface area contributed by atoms with E-state index in [0.29, 0.717) is 10.9 Å². The molecule has 0 spiro atoms. The summed E-state index contributed by atoms with van der Waals surface area (Å²) in [6, 6.07) is 7.74. The third kappa shape index (κ3) is 2.43. The molecule has 0 aliphatic heterocycles. The zero-order valence-electron chi connectivity index (χ0n) is 8.17. The lowest BCUT2D eigenvalue weighted by Gasteiger charge is -2.02. The van der Waals surface area contributed by atoms with E-state index in [0.717, 1.165) is 10.2 Å². The summed E-state index contributed by atoms with van der Waals surface area (Å²) in [5.41, 5.74) is 0.910. The lowest BCUT2D eigenvalue weighted by atomic mass is 10.3. The van der Waals surface area contributed by atoms with Gasteiger partial charge in [0.15, 0.2) is 0 Å². The van der Waals surface area contributed by atoms with E-state index in [2.05, 4.69) is 37.4 Å². The Morgan fingerprint density at radius 3 is 2.81 bits per heavy atom. The molecule has 6 heteroatoms. The van der Waals surface area contributed by atoms with Gasteiger partial charge in [-0.1, -0.05) is 33.6 Å². The summed E-state index contributed by atoms with van der Waals surface area (Å²) in [5, 5.41) is 12.2. The summed E-state index contributed by atoms with van der Waals surface area (Å²) in [7, 11) is 0. The molecule has 0 unspecified atom stereocenters. The quantitative estimate of drug-likeness (QED) is 0.643. The van der Waals surface area contributed by atoms with E-state index >= 15 is 0 Å². The molecule has 0 amide bonds. The molecular weight excluding hydrogens is 288 g/mol. The molecule has 0 saturated carbocycles. The molecule has 1 aromatic carbocycles. The molecular formula is C10H7BrN4S. The minimum Gasteiger partial charge on any atom is -0.187 e. The van der Waals surface area contributed by atoms with Crippen LogP contribution in [0, 0.1) is 12.3 Å². The van der Waals surface area contributed by atoms with Gasteiger partial charge >= 0.3 is 0 Å². The Kier molecular flexibility index (Phi) is 3.59. The Morgan fingerprint density at radius 1 is 1.38 bits per heavy atom. The molecule has 2 rings (SSSR count). The second-order valence-electron chi connectivity index (χ2n) is 2.84. The molecule has 1 heterocycles. The van der Waals surface area contributed by atoms with E-state index in [1.165, 1.54) is 11.8 Å². The van der Waals surface area contributed by atoms with E-state index in [-0.39, 0.29) is 0 Å². The average Bonchev–Trinajstić information content (AvgIpc) is 2.75. The zero-order chi connectivity index (χ0) is 11.4. The topological polar surface area (TPSA) is 43.6 Å². The summed E-state index contributed by atoms with van der Waals surface area (Å²) < 4.78 is 2.68. The lowest BCUT2D eigenvalue weighted by Crippen LogP contribution is -1.98. The highest BCUT2D eigenvalue weighted by Crippen LogP contribution is 2.19. The van der Waals surface area contributed by atoms with Crippen molar-refractivity contribution < 1.29 is 0 Å². The number of nitrogens with zero attached hydrogens (tertiary/aromatic N) is 4. The minimum atomic E-state index is 0.552. The maximum atomic E-state index is 5.20. The number of terminal acetylenes is 1. The van der Waals surface area contributed by atoms with Gasteiger partial charge in [0.2, 0.25) is 5.16 Å². The fraction of sp³-hybridized carbons (Fsp3) is 0.100. The van der Waals surface area contributed by atoms with Crippen molar-refractivity contribution in [3.8, 4) is 18.0 Å². The van der Waals surface area contributed by atoms with Crippen LogP contribution in [0.15, 0.2) is 33.9 Å². The average molecular weight is 295 g/mol. The molecule has 2 aromatic rings. The van der Waals surface area contributed by atoms with Crippen molar-refractivity contribution in [3.63, 3.8) is 0 Å².